The van der Waals surface area contributed by atoms with E-state index in [2.05, 4.69) is 37.0 Å². The van der Waals surface area contributed by atoms with Crippen LogP contribution in [-0.2, 0) is 12.8 Å². The van der Waals surface area contributed by atoms with E-state index in [4.69, 9.17) is 0 Å². The maximum Gasteiger partial charge on any atom is 0.0459 e. The van der Waals surface area contributed by atoms with Crippen LogP contribution in [0.3, 0.4) is 0 Å². The molecule has 0 radical (unpaired) electrons. The van der Waals surface area contributed by atoms with Gasteiger partial charge in [-0.05, 0) is 49.8 Å². The topological polar surface area (TPSA) is 15.8 Å². The molecule has 1 heteroatoms. The molecule has 3 rings (SSSR count). The van der Waals surface area contributed by atoms with Gasteiger partial charge < -0.3 is 4.98 Å². The van der Waals surface area contributed by atoms with Crippen molar-refractivity contribution in [3.8, 4) is 0 Å². The van der Waals surface area contributed by atoms with E-state index in [1.807, 2.05) is 0 Å². The number of rotatable bonds is 0. The van der Waals surface area contributed by atoms with E-state index < -0.39 is 0 Å². The number of aromatic amines is 1. The molecule has 1 N–H and O–H groups in total. The number of hydrogen-bond acceptors (Lipinski definition) is 0. The lowest BCUT2D eigenvalue weighted by Gasteiger charge is -2.18. The van der Waals surface area contributed by atoms with Gasteiger partial charge >= 0.3 is 0 Å². The summed E-state index contributed by atoms with van der Waals surface area (Å²) in [7, 11) is 0. The number of H-pyrrole nitrogens is 1. The van der Waals surface area contributed by atoms with Crippen LogP contribution in [0.25, 0.3) is 10.9 Å². The first-order valence-corrected chi connectivity index (χ1v) is 5.84. The fourth-order valence-corrected chi connectivity index (χ4v) is 2.71. The van der Waals surface area contributed by atoms with Crippen molar-refractivity contribution in [2.45, 2.75) is 33.1 Å². The molecule has 0 fully saturated rings. The zero-order valence-electron chi connectivity index (χ0n) is 9.43. The van der Waals surface area contributed by atoms with E-state index in [0.29, 0.717) is 0 Å². The second kappa shape index (κ2) is 3.13. The van der Waals surface area contributed by atoms with Crippen LogP contribution < -0.4 is 0 Å². The Morgan fingerprint density at radius 2 is 2.20 bits per heavy atom. The first-order valence-electron chi connectivity index (χ1n) is 5.84. The third-order valence-corrected chi connectivity index (χ3v) is 3.59. The average Bonchev–Trinajstić information content (AvgIpc) is 2.56. The number of aromatic nitrogens is 1. The fraction of sp³-hybridized carbons (Fsp3) is 0.429. The average molecular weight is 199 g/mol. The highest BCUT2D eigenvalue weighted by Crippen LogP contribution is 2.31. The van der Waals surface area contributed by atoms with E-state index in [1.54, 1.807) is 5.56 Å². The highest BCUT2D eigenvalue weighted by atomic mass is 14.7. The number of hydrogen-bond donors (Lipinski definition) is 1. The Kier molecular flexibility index (Phi) is 1.88. The summed E-state index contributed by atoms with van der Waals surface area (Å²) in [5, 5.41) is 1.46. The van der Waals surface area contributed by atoms with Gasteiger partial charge in [-0.15, -0.1) is 0 Å². The minimum Gasteiger partial charge on any atom is -0.358 e. The Bertz CT molecular complexity index is 507. The molecule has 1 atom stereocenters. The molecule has 1 aromatic carbocycles. The molecule has 0 unspecified atom stereocenters. The smallest absolute Gasteiger partial charge is 0.0459 e. The molecule has 1 heterocycles. The van der Waals surface area contributed by atoms with Gasteiger partial charge in [-0.3, -0.25) is 0 Å². The van der Waals surface area contributed by atoms with E-state index >= 15 is 0 Å². The van der Waals surface area contributed by atoms with Crippen LogP contribution >= 0.6 is 0 Å². The van der Waals surface area contributed by atoms with E-state index in [-0.39, 0.29) is 0 Å². The second-order valence-electron chi connectivity index (χ2n) is 4.98. The van der Waals surface area contributed by atoms with Crippen LogP contribution in [0.1, 0.15) is 30.2 Å². The van der Waals surface area contributed by atoms with Crippen molar-refractivity contribution >= 4 is 10.9 Å². The molecular formula is C14H17N. The Labute approximate surface area is 90.5 Å². The van der Waals surface area contributed by atoms with Crippen molar-refractivity contribution in [3.63, 3.8) is 0 Å². The Balaban J connectivity index is 2.25. The van der Waals surface area contributed by atoms with Crippen LogP contribution in [0, 0.1) is 12.8 Å². The lowest BCUT2D eigenvalue weighted by molar-refractivity contribution is 0.499. The number of nitrogens with one attached hydrogen (secondary N) is 1. The molecule has 1 aliphatic carbocycles. The first kappa shape index (κ1) is 9.02. The second-order valence-corrected chi connectivity index (χ2v) is 4.98. The summed E-state index contributed by atoms with van der Waals surface area (Å²) in [6, 6.07) is 6.73. The van der Waals surface area contributed by atoms with Gasteiger partial charge in [0.25, 0.3) is 0 Å². The third kappa shape index (κ3) is 1.38. The molecule has 0 amide bonds. The van der Waals surface area contributed by atoms with Gasteiger partial charge in [0, 0.05) is 16.6 Å². The maximum absolute atomic E-state index is 3.56. The van der Waals surface area contributed by atoms with Crippen molar-refractivity contribution < 1.29 is 0 Å². The van der Waals surface area contributed by atoms with E-state index in [9.17, 15) is 0 Å². The summed E-state index contributed by atoms with van der Waals surface area (Å²) in [4.78, 5) is 3.56. The molecule has 0 spiro atoms. The van der Waals surface area contributed by atoms with Gasteiger partial charge in [-0.25, -0.2) is 0 Å². The van der Waals surface area contributed by atoms with Crippen molar-refractivity contribution in [1.29, 1.82) is 0 Å². The lowest BCUT2D eigenvalue weighted by atomic mass is 9.87. The Morgan fingerprint density at radius 3 is 3.07 bits per heavy atom. The van der Waals surface area contributed by atoms with Crippen LogP contribution in [0.2, 0.25) is 0 Å². The Morgan fingerprint density at radius 1 is 1.33 bits per heavy atom. The first-order chi connectivity index (χ1) is 7.24. The number of aryl methyl sites for hydroxylation is 2. The Hall–Kier alpha value is -1.24. The quantitative estimate of drug-likeness (QED) is 0.667. The number of fused-ring (bicyclic) bond motifs is 3. The van der Waals surface area contributed by atoms with Gasteiger partial charge in [0.05, 0.1) is 0 Å². The van der Waals surface area contributed by atoms with Crippen LogP contribution in [-0.4, -0.2) is 4.98 Å². The van der Waals surface area contributed by atoms with E-state index in [0.717, 1.165) is 5.92 Å². The number of benzene rings is 1. The SMILES string of the molecule is Cc1ccc2[nH]c3c(c2c1)C[C@H](C)CC3. The highest BCUT2D eigenvalue weighted by molar-refractivity contribution is 5.85. The van der Waals surface area contributed by atoms with Crippen molar-refractivity contribution in [2.75, 3.05) is 0 Å². The van der Waals surface area contributed by atoms with E-state index in [1.165, 1.54) is 41.4 Å². The molecule has 15 heavy (non-hydrogen) atoms. The monoisotopic (exact) mass is 199 g/mol. The minimum atomic E-state index is 0.844. The summed E-state index contributed by atoms with van der Waals surface area (Å²) in [5.41, 5.74) is 5.74. The molecule has 0 saturated heterocycles. The zero-order chi connectivity index (χ0) is 10.4. The van der Waals surface area contributed by atoms with Crippen molar-refractivity contribution in [1.82, 2.24) is 4.98 Å². The molecule has 78 valence electrons. The summed E-state index contributed by atoms with van der Waals surface area (Å²) in [6.45, 7) is 4.53. The van der Waals surface area contributed by atoms with Crippen molar-refractivity contribution in [2.24, 2.45) is 5.92 Å². The van der Waals surface area contributed by atoms with Gasteiger partial charge in [0.15, 0.2) is 0 Å². The van der Waals surface area contributed by atoms with Crippen molar-refractivity contribution in [3.05, 3.63) is 35.0 Å². The molecule has 0 aliphatic heterocycles. The van der Waals surface area contributed by atoms with Gasteiger partial charge in [-0.1, -0.05) is 18.6 Å². The summed E-state index contributed by atoms with van der Waals surface area (Å²) >= 11 is 0. The van der Waals surface area contributed by atoms with Crippen LogP contribution in [0.15, 0.2) is 18.2 Å². The predicted molar refractivity (Wildman–Crippen MR) is 64.2 cm³/mol. The molecule has 0 bridgehead atoms. The van der Waals surface area contributed by atoms with Gasteiger partial charge in [0.2, 0.25) is 0 Å². The van der Waals surface area contributed by atoms with Crippen LogP contribution in [0.4, 0.5) is 0 Å². The summed E-state index contributed by atoms with van der Waals surface area (Å²) in [5.74, 6) is 0.844. The molecule has 1 nitrogen and oxygen atoms in total. The highest BCUT2D eigenvalue weighted by Gasteiger charge is 2.19. The molecule has 1 aromatic heterocycles. The summed E-state index contributed by atoms with van der Waals surface area (Å²) in [6.07, 6.45) is 3.81. The normalized spacial score (nSPS) is 20.5. The molecular weight excluding hydrogens is 182 g/mol. The largest absolute Gasteiger partial charge is 0.358 e. The molecule has 1 aliphatic rings. The van der Waals surface area contributed by atoms with Gasteiger partial charge in [0.1, 0.15) is 0 Å². The lowest BCUT2D eigenvalue weighted by Crippen LogP contribution is -2.09. The minimum absolute atomic E-state index is 0.844. The fourth-order valence-electron chi connectivity index (χ4n) is 2.71. The predicted octanol–water partition coefficient (Wildman–Crippen LogP) is 3.60. The third-order valence-electron chi connectivity index (χ3n) is 3.59. The maximum atomic E-state index is 3.56. The molecule has 0 saturated carbocycles. The standard InChI is InChI=1S/C14H17N/c1-9-3-5-13-11(7-9)12-8-10(2)4-6-14(12)15-13/h3,5,7,10,15H,4,6,8H2,1-2H3/t10-/m1/s1. The van der Waals surface area contributed by atoms with Crippen LogP contribution in [0.5, 0.6) is 0 Å². The zero-order valence-corrected chi connectivity index (χ0v) is 9.43. The summed E-state index contributed by atoms with van der Waals surface area (Å²) < 4.78 is 0. The molecule has 2 aromatic rings. The van der Waals surface area contributed by atoms with Gasteiger partial charge in [-0.2, -0.15) is 0 Å².